The Hall–Kier alpha value is -3.31. The number of rotatable bonds is 9. The Bertz CT molecular complexity index is 1060. The third kappa shape index (κ3) is 6.11. The van der Waals surface area contributed by atoms with E-state index in [9.17, 15) is 9.59 Å². The lowest BCUT2D eigenvalue weighted by atomic mass is 10.0. The third-order valence-corrected chi connectivity index (χ3v) is 5.44. The minimum absolute atomic E-state index is 0.0930. The van der Waals surface area contributed by atoms with Gasteiger partial charge in [-0.15, -0.1) is 0 Å². The zero-order valence-corrected chi connectivity index (χ0v) is 19.0. The van der Waals surface area contributed by atoms with Gasteiger partial charge < -0.3 is 15.0 Å². The number of ether oxygens (including phenoxy) is 1. The van der Waals surface area contributed by atoms with E-state index in [-0.39, 0.29) is 18.2 Å². The van der Waals surface area contributed by atoms with Gasteiger partial charge in [-0.1, -0.05) is 72.3 Å². The summed E-state index contributed by atoms with van der Waals surface area (Å²) in [4.78, 5) is 27.6. The van der Waals surface area contributed by atoms with Crippen molar-refractivity contribution in [2.24, 2.45) is 0 Å². The Balaban J connectivity index is 1.75. The number of hydrogen-bond donors (Lipinski definition) is 1. The summed E-state index contributed by atoms with van der Waals surface area (Å²) in [5, 5.41) is 3.34. The van der Waals surface area contributed by atoms with Crippen LogP contribution in [0.25, 0.3) is 0 Å². The molecule has 0 aliphatic carbocycles. The first-order chi connectivity index (χ1) is 15.5. The second kappa shape index (κ2) is 11.3. The van der Waals surface area contributed by atoms with Crippen LogP contribution in [0, 0.1) is 0 Å². The predicted octanol–water partition coefficient (Wildman–Crippen LogP) is 5.26. The number of hydrogen-bond acceptors (Lipinski definition) is 3. The molecule has 6 heteroatoms. The summed E-state index contributed by atoms with van der Waals surface area (Å²) in [5.41, 5.74) is 2.16. The fourth-order valence-electron chi connectivity index (χ4n) is 3.42. The van der Waals surface area contributed by atoms with Crippen LogP contribution in [0.5, 0.6) is 5.75 Å². The quantitative estimate of drug-likeness (QED) is 0.483. The van der Waals surface area contributed by atoms with Gasteiger partial charge >= 0.3 is 0 Å². The lowest BCUT2D eigenvalue weighted by molar-refractivity contribution is -0.130. The molecular formula is C26H27ClN2O3. The molecule has 5 nitrogen and oxygen atoms in total. The molecule has 0 aliphatic rings. The maximum atomic E-state index is 13.1. The highest BCUT2D eigenvalue weighted by Crippen LogP contribution is 2.23. The van der Waals surface area contributed by atoms with E-state index in [0.29, 0.717) is 23.7 Å². The largest absolute Gasteiger partial charge is 0.494 e. The van der Waals surface area contributed by atoms with Gasteiger partial charge in [0.05, 0.1) is 29.7 Å². The first-order valence-corrected chi connectivity index (χ1v) is 10.9. The molecule has 1 atom stereocenters. The molecule has 166 valence electrons. The molecule has 3 aromatic rings. The highest BCUT2D eigenvalue weighted by molar-refractivity contribution is 6.33. The summed E-state index contributed by atoms with van der Waals surface area (Å²) in [6.07, 6.45) is 0.119. The average Bonchev–Trinajstić information content (AvgIpc) is 2.80. The molecule has 0 saturated carbocycles. The van der Waals surface area contributed by atoms with E-state index < -0.39 is 6.04 Å². The predicted molar refractivity (Wildman–Crippen MR) is 127 cm³/mol. The van der Waals surface area contributed by atoms with Gasteiger partial charge in [0.15, 0.2) is 0 Å². The van der Waals surface area contributed by atoms with Crippen LogP contribution < -0.4 is 10.1 Å². The minimum atomic E-state index is -0.489. The second-order valence-corrected chi connectivity index (χ2v) is 7.82. The summed E-state index contributed by atoms with van der Waals surface area (Å²) >= 11 is 6.19. The normalized spacial score (nSPS) is 11.5. The van der Waals surface area contributed by atoms with Crippen molar-refractivity contribution >= 4 is 23.4 Å². The monoisotopic (exact) mass is 450 g/mol. The fraction of sp³-hybridized carbons (Fsp3) is 0.231. The van der Waals surface area contributed by atoms with Crippen molar-refractivity contribution in [2.75, 3.05) is 13.7 Å². The first-order valence-electron chi connectivity index (χ1n) is 10.5. The Morgan fingerprint density at radius 3 is 2.34 bits per heavy atom. The van der Waals surface area contributed by atoms with Crippen LogP contribution in [0.3, 0.4) is 0 Å². The van der Waals surface area contributed by atoms with E-state index >= 15 is 0 Å². The SMILES string of the molecule is CCOc1ccccc1CN(C)C(=O)CC(NC(=O)c1ccccc1Cl)c1ccccc1. The average molecular weight is 451 g/mol. The van der Waals surface area contributed by atoms with Crippen LogP contribution in [0.15, 0.2) is 78.9 Å². The highest BCUT2D eigenvalue weighted by Gasteiger charge is 2.22. The summed E-state index contributed by atoms with van der Waals surface area (Å²) in [6.45, 7) is 2.89. The Labute approximate surface area is 194 Å². The maximum absolute atomic E-state index is 13.1. The number of para-hydroxylation sites is 1. The lowest BCUT2D eigenvalue weighted by Gasteiger charge is -2.24. The zero-order valence-electron chi connectivity index (χ0n) is 18.3. The molecule has 0 saturated heterocycles. The van der Waals surface area contributed by atoms with E-state index in [4.69, 9.17) is 16.3 Å². The number of carbonyl (C=O) groups excluding carboxylic acids is 2. The highest BCUT2D eigenvalue weighted by atomic mass is 35.5. The maximum Gasteiger partial charge on any atom is 0.253 e. The molecule has 0 aliphatic heterocycles. The van der Waals surface area contributed by atoms with Crippen LogP contribution in [-0.2, 0) is 11.3 Å². The smallest absolute Gasteiger partial charge is 0.253 e. The molecule has 3 rings (SSSR count). The van der Waals surface area contributed by atoms with Crippen LogP contribution in [0.4, 0.5) is 0 Å². The molecule has 1 unspecified atom stereocenters. The molecule has 0 heterocycles. The van der Waals surface area contributed by atoms with Gasteiger partial charge in [-0.3, -0.25) is 9.59 Å². The van der Waals surface area contributed by atoms with Gasteiger partial charge in [0.1, 0.15) is 5.75 Å². The molecule has 0 bridgehead atoms. The topological polar surface area (TPSA) is 58.6 Å². The molecule has 0 spiro atoms. The molecule has 1 N–H and O–H groups in total. The Morgan fingerprint density at radius 1 is 0.969 bits per heavy atom. The number of benzene rings is 3. The summed E-state index contributed by atoms with van der Waals surface area (Å²) in [7, 11) is 1.75. The molecular weight excluding hydrogens is 424 g/mol. The number of halogens is 1. The second-order valence-electron chi connectivity index (χ2n) is 7.41. The van der Waals surface area contributed by atoms with Gasteiger partial charge in [0.25, 0.3) is 5.91 Å². The van der Waals surface area contributed by atoms with Crippen molar-refractivity contribution in [2.45, 2.75) is 25.9 Å². The van der Waals surface area contributed by atoms with Crippen LogP contribution in [0.1, 0.15) is 40.9 Å². The molecule has 0 radical (unpaired) electrons. The number of nitrogens with zero attached hydrogens (tertiary/aromatic N) is 1. The third-order valence-electron chi connectivity index (χ3n) is 5.11. The Morgan fingerprint density at radius 2 is 1.62 bits per heavy atom. The van der Waals surface area contributed by atoms with Gasteiger partial charge in [-0.2, -0.15) is 0 Å². The van der Waals surface area contributed by atoms with Crippen molar-refractivity contribution in [3.05, 3.63) is 101 Å². The van der Waals surface area contributed by atoms with Crippen molar-refractivity contribution in [1.82, 2.24) is 10.2 Å². The number of amides is 2. The van der Waals surface area contributed by atoms with E-state index in [1.165, 1.54) is 0 Å². The first kappa shape index (κ1) is 23.4. The standard InChI is InChI=1S/C26H27ClN2O3/c1-3-32-24-16-10-7-13-20(24)18-29(2)25(30)17-23(19-11-5-4-6-12-19)28-26(31)21-14-8-9-15-22(21)27/h4-16,23H,3,17-18H2,1-2H3,(H,28,31). The van der Waals surface area contributed by atoms with Gasteiger partial charge in [-0.25, -0.2) is 0 Å². The van der Waals surface area contributed by atoms with Gasteiger partial charge in [0, 0.05) is 19.2 Å². The van der Waals surface area contributed by atoms with E-state index in [0.717, 1.165) is 16.9 Å². The minimum Gasteiger partial charge on any atom is -0.494 e. The summed E-state index contributed by atoms with van der Waals surface area (Å²) < 4.78 is 5.67. The number of carbonyl (C=O) groups is 2. The van der Waals surface area contributed by atoms with Crippen molar-refractivity contribution < 1.29 is 14.3 Å². The van der Waals surface area contributed by atoms with E-state index in [1.54, 1.807) is 36.2 Å². The van der Waals surface area contributed by atoms with Crippen LogP contribution >= 0.6 is 11.6 Å². The van der Waals surface area contributed by atoms with E-state index in [2.05, 4.69) is 5.32 Å². The molecule has 0 aromatic heterocycles. The number of nitrogens with one attached hydrogen (secondary N) is 1. The van der Waals surface area contributed by atoms with Crippen molar-refractivity contribution in [1.29, 1.82) is 0 Å². The zero-order chi connectivity index (χ0) is 22.9. The van der Waals surface area contributed by atoms with Crippen molar-refractivity contribution in [3.8, 4) is 5.75 Å². The molecule has 2 amide bonds. The van der Waals surface area contributed by atoms with Gasteiger partial charge in [-0.05, 0) is 30.7 Å². The molecule has 3 aromatic carbocycles. The van der Waals surface area contributed by atoms with Crippen LogP contribution in [-0.4, -0.2) is 30.4 Å². The molecule has 32 heavy (non-hydrogen) atoms. The van der Waals surface area contributed by atoms with E-state index in [1.807, 2.05) is 61.5 Å². The Kier molecular flexibility index (Phi) is 8.28. The van der Waals surface area contributed by atoms with Crippen molar-refractivity contribution in [3.63, 3.8) is 0 Å². The summed E-state index contributed by atoms with van der Waals surface area (Å²) in [5.74, 6) is 0.354. The molecule has 0 fully saturated rings. The summed E-state index contributed by atoms with van der Waals surface area (Å²) in [6, 6.07) is 23.5. The lowest BCUT2D eigenvalue weighted by Crippen LogP contribution is -2.34. The van der Waals surface area contributed by atoms with Crippen LogP contribution in [0.2, 0.25) is 5.02 Å². The fourth-order valence-corrected chi connectivity index (χ4v) is 3.65. The van der Waals surface area contributed by atoms with Gasteiger partial charge in [0.2, 0.25) is 5.91 Å².